The average molecular weight is 183 g/mol. The Bertz CT molecular complexity index is 192. The van der Waals surface area contributed by atoms with Gasteiger partial charge in [-0.25, -0.2) is 4.79 Å². The number of rotatable bonds is 1. The molecule has 12 heavy (non-hydrogen) atoms. The first-order valence-electron chi connectivity index (χ1n) is 3.47. The quantitative estimate of drug-likeness (QED) is 0.648. The fourth-order valence-electron chi connectivity index (χ4n) is 1.22. The van der Waals surface area contributed by atoms with E-state index in [1.54, 1.807) is 0 Å². The zero-order valence-corrected chi connectivity index (χ0v) is 6.06. The van der Waals surface area contributed by atoms with Crippen LogP contribution in [0, 0.1) is 5.92 Å². The van der Waals surface area contributed by atoms with Crippen molar-refractivity contribution in [2.75, 3.05) is 0 Å². The van der Waals surface area contributed by atoms with Crippen molar-refractivity contribution >= 4 is 6.09 Å². The third-order valence-corrected chi connectivity index (χ3v) is 2.00. The maximum Gasteiger partial charge on any atom is 0.404 e. The Balaban J connectivity index is 2.44. The molecule has 1 amide bonds. The Hall–Kier alpha value is -0.940. The maximum atomic E-state index is 12.0. The topological polar surface area (TPSA) is 49.3 Å². The van der Waals surface area contributed by atoms with E-state index in [1.807, 2.05) is 5.32 Å². The van der Waals surface area contributed by atoms with Gasteiger partial charge in [-0.1, -0.05) is 0 Å². The first-order chi connectivity index (χ1) is 5.41. The van der Waals surface area contributed by atoms with E-state index in [-0.39, 0.29) is 12.8 Å². The van der Waals surface area contributed by atoms with Gasteiger partial charge in [0, 0.05) is 6.04 Å². The molecule has 1 aliphatic rings. The normalized spacial score (nSPS) is 29.2. The summed E-state index contributed by atoms with van der Waals surface area (Å²) in [7, 11) is 0. The Labute approximate surface area is 66.6 Å². The Kier molecular flexibility index (Phi) is 2.16. The number of carboxylic acid groups (broad SMARTS) is 1. The van der Waals surface area contributed by atoms with Gasteiger partial charge < -0.3 is 10.4 Å². The van der Waals surface area contributed by atoms with Gasteiger partial charge in [-0.3, -0.25) is 0 Å². The number of hydrogen-bond donors (Lipinski definition) is 2. The molecule has 1 fully saturated rings. The molecule has 0 saturated heterocycles. The molecule has 1 aliphatic carbocycles. The number of hydrogen-bond acceptors (Lipinski definition) is 1. The molecule has 70 valence electrons. The van der Waals surface area contributed by atoms with Gasteiger partial charge in [-0.05, 0) is 12.8 Å². The molecule has 1 rings (SSSR count). The minimum Gasteiger partial charge on any atom is -0.465 e. The predicted molar refractivity (Wildman–Crippen MR) is 33.7 cm³/mol. The van der Waals surface area contributed by atoms with Crippen LogP contribution in [0.15, 0.2) is 0 Å². The minimum atomic E-state index is -4.27. The lowest BCUT2D eigenvalue weighted by molar-refractivity contribution is -0.201. The molecule has 0 spiro atoms. The number of amides is 1. The van der Waals surface area contributed by atoms with Gasteiger partial charge in [0.25, 0.3) is 0 Å². The lowest BCUT2D eigenvalue weighted by atomic mass is 9.79. The molecule has 3 nitrogen and oxygen atoms in total. The monoisotopic (exact) mass is 183 g/mol. The van der Waals surface area contributed by atoms with E-state index in [9.17, 15) is 18.0 Å². The van der Waals surface area contributed by atoms with Crippen LogP contribution < -0.4 is 5.32 Å². The molecule has 1 saturated carbocycles. The highest BCUT2D eigenvalue weighted by atomic mass is 19.4. The van der Waals surface area contributed by atoms with Crippen molar-refractivity contribution in [1.29, 1.82) is 0 Å². The Morgan fingerprint density at radius 3 is 2.25 bits per heavy atom. The van der Waals surface area contributed by atoms with Crippen LogP contribution in [0.5, 0.6) is 0 Å². The molecule has 0 bridgehead atoms. The second-order valence-corrected chi connectivity index (χ2v) is 2.78. The molecule has 0 aromatic heterocycles. The first-order valence-corrected chi connectivity index (χ1v) is 3.47. The first kappa shape index (κ1) is 9.15. The summed E-state index contributed by atoms with van der Waals surface area (Å²) in [4.78, 5) is 10.00. The standard InChI is InChI=1S/C6H8F3NO2/c7-6(8,9)3-1-2-4(3)10-5(11)12/h3-4,10H,1-2H2,(H,11,12)/t3-,4-/m1/s1. The largest absolute Gasteiger partial charge is 0.465 e. The summed E-state index contributed by atoms with van der Waals surface area (Å²) >= 11 is 0. The summed E-state index contributed by atoms with van der Waals surface area (Å²) in [6.07, 6.45) is -5.37. The summed E-state index contributed by atoms with van der Waals surface area (Å²) < 4.78 is 35.9. The lowest BCUT2D eigenvalue weighted by Gasteiger charge is -2.37. The van der Waals surface area contributed by atoms with Gasteiger partial charge in [-0.2, -0.15) is 13.2 Å². The molecule has 0 unspecified atom stereocenters. The average Bonchev–Trinajstić information content (AvgIpc) is 1.75. The summed E-state index contributed by atoms with van der Waals surface area (Å²) in [5.41, 5.74) is 0. The zero-order chi connectivity index (χ0) is 9.35. The van der Waals surface area contributed by atoms with Crippen molar-refractivity contribution < 1.29 is 23.1 Å². The van der Waals surface area contributed by atoms with Crippen LogP contribution >= 0.6 is 0 Å². The smallest absolute Gasteiger partial charge is 0.404 e. The second kappa shape index (κ2) is 2.84. The molecule has 0 aliphatic heterocycles. The number of nitrogens with one attached hydrogen (secondary N) is 1. The fraction of sp³-hybridized carbons (Fsp3) is 0.833. The maximum absolute atomic E-state index is 12.0. The van der Waals surface area contributed by atoms with Crippen molar-refractivity contribution in [3.8, 4) is 0 Å². The van der Waals surface area contributed by atoms with Crippen LogP contribution in [0.3, 0.4) is 0 Å². The molecule has 0 aromatic rings. The molecule has 0 aromatic carbocycles. The highest BCUT2D eigenvalue weighted by Gasteiger charge is 2.50. The molecular formula is C6H8F3NO2. The van der Waals surface area contributed by atoms with Crippen molar-refractivity contribution in [3.05, 3.63) is 0 Å². The predicted octanol–water partition coefficient (Wildman–Crippen LogP) is 1.59. The van der Waals surface area contributed by atoms with Crippen LogP contribution in [0.2, 0.25) is 0 Å². The second-order valence-electron chi connectivity index (χ2n) is 2.78. The van der Waals surface area contributed by atoms with E-state index in [0.29, 0.717) is 0 Å². The highest BCUT2D eigenvalue weighted by molar-refractivity contribution is 5.65. The molecule has 2 N–H and O–H groups in total. The number of alkyl halides is 3. The van der Waals surface area contributed by atoms with Gasteiger partial charge >= 0.3 is 12.3 Å². The van der Waals surface area contributed by atoms with Gasteiger partial charge in [-0.15, -0.1) is 0 Å². The van der Waals surface area contributed by atoms with Crippen LogP contribution in [-0.4, -0.2) is 23.4 Å². The lowest BCUT2D eigenvalue weighted by Crippen LogP contribution is -2.52. The van der Waals surface area contributed by atoms with Crippen molar-refractivity contribution in [2.45, 2.75) is 25.1 Å². The zero-order valence-electron chi connectivity index (χ0n) is 6.06. The van der Waals surface area contributed by atoms with Crippen molar-refractivity contribution in [1.82, 2.24) is 5.32 Å². The van der Waals surface area contributed by atoms with Gasteiger partial charge in [0.1, 0.15) is 0 Å². The van der Waals surface area contributed by atoms with Crippen LogP contribution in [0.25, 0.3) is 0 Å². The minimum absolute atomic E-state index is 0.0223. The Morgan fingerprint density at radius 1 is 1.42 bits per heavy atom. The van der Waals surface area contributed by atoms with E-state index < -0.39 is 24.2 Å². The van der Waals surface area contributed by atoms with E-state index in [2.05, 4.69) is 0 Å². The van der Waals surface area contributed by atoms with Crippen LogP contribution in [0.1, 0.15) is 12.8 Å². The summed E-state index contributed by atoms with van der Waals surface area (Å²) in [6, 6.07) is -0.942. The fourth-order valence-corrected chi connectivity index (χ4v) is 1.22. The van der Waals surface area contributed by atoms with Gasteiger partial charge in [0.05, 0.1) is 5.92 Å². The van der Waals surface area contributed by atoms with Crippen molar-refractivity contribution in [2.24, 2.45) is 5.92 Å². The summed E-state index contributed by atoms with van der Waals surface area (Å²) in [5.74, 6) is -1.49. The number of halogens is 3. The van der Waals surface area contributed by atoms with Gasteiger partial charge in [0.2, 0.25) is 0 Å². The van der Waals surface area contributed by atoms with Crippen LogP contribution in [-0.2, 0) is 0 Å². The van der Waals surface area contributed by atoms with E-state index in [0.717, 1.165) is 0 Å². The highest BCUT2D eigenvalue weighted by Crippen LogP contribution is 2.40. The van der Waals surface area contributed by atoms with Crippen molar-refractivity contribution in [3.63, 3.8) is 0 Å². The van der Waals surface area contributed by atoms with Gasteiger partial charge in [0.15, 0.2) is 0 Å². The SMILES string of the molecule is O=C(O)N[C@@H]1CC[C@H]1C(F)(F)F. The van der Waals surface area contributed by atoms with E-state index >= 15 is 0 Å². The molecule has 2 atom stereocenters. The Morgan fingerprint density at radius 2 is 2.00 bits per heavy atom. The summed E-state index contributed by atoms with van der Waals surface area (Å²) in [6.45, 7) is 0. The third kappa shape index (κ3) is 1.80. The molecular weight excluding hydrogens is 175 g/mol. The van der Waals surface area contributed by atoms with E-state index in [1.165, 1.54) is 0 Å². The molecule has 0 radical (unpaired) electrons. The van der Waals surface area contributed by atoms with E-state index in [4.69, 9.17) is 5.11 Å². The summed E-state index contributed by atoms with van der Waals surface area (Å²) in [5, 5.41) is 9.99. The molecule has 6 heteroatoms. The van der Waals surface area contributed by atoms with Crippen LogP contribution in [0.4, 0.5) is 18.0 Å². The molecule has 0 heterocycles. The third-order valence-electron chi connectivity index (χ3n) is 2.00. The number of carbonyl (C=O) groups is 1.